The Labute approximate surface area is 204 Å². The number of fused-ring (bicyclic) bond motifs is 1. The largest absolute Gasteiger partial charge is 0.479 e. The van der Waals surface area contributed by atoms with Crippen molar-refractivity contribution in [3.63, 3.8) is 0 Å². The summed E-state index contributed by atoms with van der Waals surface area (Å²) in [5, 5.41) is 5.98. The maximum absolute atomic E-state index is 12.9. The van der Waals surface area contributed by atoms with E-state index in [0.717, 1.165) is 40.4 Å². The fraction of sp³-hybridized carbons (Fsp3) is 0.348. The SMILES string of the molecule is CCCc1nc(-c2ccc3c(c2)N(CC(=O)Nc2nc(C)c(C(=O)OC)s2)C(=O)C(C)O3)cs1. The minimum Gasteiger partial charge on any atom is -0.479 e. The molecule has 1 aromatic carbocycles. The average Bonchev–Trinajstić information content (AvgIpc) is 3.42. The van der Waals surface area contributed by atoms with Crippen LogP contribution >= 0.6 is 22.7 Å². The number of hydrogen-bond donors (Lipinski definition) is 1. The number of ether oxygens (including phenoxy) is 2. The second kappa shape index (κ2) is 9.90. The van der Waals surface area contributed by atoms with Gasteiger partial charge in [0, 0.05) is 10.9 Å². The van der Waals surface area contributed by atoms with E-state index < -0.39 is 18.0 Å². The van der Waals surface area contributed by atoms with Gasteiger partial charge in [0.1, 0.15) is 17.2 Å². The van der Waals surface area contributed by atoms with Crippen LogP contribution in [0.15, 0.2) is 23.6 Å². The Hall–Kier alpha value is -3.31. The summed E-state index contributed by atoms with van der Waals surface area (Å²) in [7, 11) is 1.28. The van der Waals surface area contributed by atoms with E-state index in [-0.39, 0.29) is 17.6 Å². The summed E-state index contributed by atoms with van der Waals surface area (Å²) in [4.78, 5) is 48.2. The van der Waals surface area contributed by atoms with E-state index in [1.807, 2.05) is 17.5 Å². The Morgan fingerprint density at radius 3 is 2.82 bits per heavy atom. The molecular weight excluding hydrogens is 476 g/mol. The number of aromatic nitrogens is 2. The predicted molar refractivity (Wildman–Crippen MR) is 131 cm³/mol. The number of nitrogens with one attached hydrogen (secondary N) is 1. The van der Waals surface area contributed by atoms with Gasteiger partial charge in [0.2, 0.25) is 5.91 Å². The molecule has 1 atom stereocenters. The fourth-order valence-corrected chi connectivity index (χ4v) is 5.35. The zero-order valence-electron chi connectivity index (χ0n) is 19.2. The van der Waals surface area contributed by atoms with E-state index in [0.29, 0.717) is 22.0 Å². The molecule has 1 N–H and O–H groups in total. The van der Waals surface area contributed by atoms with Gasteiger partial charge >= 0.3 is 5.97 Å². The predicted octanol–water partition coefficient (Wildman–Crippen LogP) is 4.07. The summed E-state index contributed by atoms with van der Waals surface area (Å²) in [6.07, 6.45) is 1.20. The number of carbonyl (C=O) groups excluding carboxylic acids is 3. The number of carbonyl (C=O) groups is 3. The van der Waals surface area contributed by atoms with Crippen LogP contribution in [0, 0.1) is 6.92 Å². The number of rotatable bonds is 7. The van der Waals surface area contributed by atoms with Crippen LogP contribution in [0.25, 0.3) is 11.3 Å². The lowest BCUT2D eigenvalue weighted by atomic mass is 10.1. The fourth-order valence-electron chi connectivity index (χ4n) is 3.54. The number of thiazole rings is 2. The highest BCUT2D eigenvalue weighted by Gasteiger charge is 2.33. The third kappa shape index (κ3) is 4.80. The Morgan fingerprint density at radius 1 is 1.29 bits per heavy atom. The maximum Gasteiger partial charge on any atom is 0.350 e. The second-order valence-corrected chi connectivity index (χ2v) is 9.66. The average molecular weight is 501 g/mol. The van der Waals surface area contributed by atoms with E-state index in [9.17, 15) is 14.4 Å². The van der Waals surface area contributed by atoms with Gasteiger partial charge < -0.3 is 14.8 Å². The van der Waals surface area contributed by atoms with Gasteiger partial charge in [-0.2, -0.15) is 0 Å². The van der Waals surface area contributed by atoms with Gasteiger partial charge in [0.05, 0.1) is 29.2 Å². The summed E-state index contributed by atoms with van der Waals surface area (Å²) in [6, 6.07) is 5.52. The number of amides is 2. The second-order valence-electron chi connectivity index (χ2n) is 7.72. The van der Waals surface area contributed by atoms with E-state index in [4.69, 9.17) is 9.47 Å². The zero-order chi connectivity index (χ0) is 24.4. The van der Waals surface area contributed by atoms with Crippen molar-refractivity contribution in [1.82, 2.24) is 9.97 Å². The van der Waals surface area contributed by atoms with Crippen LogP contribution in [-0.2, 0) is 20.7 Å². The Kier molecular flexibility index (Phi) is 6.94. The summed E-state index contributed by atoms with van der Waals surface area (Å²) in [6.45, 7) is 5.19. The molecule has 11 heteroatoms. The molecule has 34 heavy (non-hydrogen) atoms. The molecule has 0 spiro atoms. The van der Waals surface area contributed by atoms with Crippen molar-refractivity contribution in [1.29, 1.82) is 0 Å². The van der Waals surface area contributed by atoms with Crippen molar-refractivity contribution < 1.29 is 23.9 Å². The molecule has 178 valence electrons. The van der Waals surface area contributed by atoms with Gasteiger partial charge in [-0.05, 0) is 44.9 Å². The summed E-state index contributed by atoms with van der Waals surface area (Å²) < 4.78 is 10.5. The number of benzene rings is 1. The summed E-state index contributed by atoms with van der Waals surface area (Å²) in [5.41, 5.74) is 2.63. The van der Waals surface area contributed by atoms with Gasteiger partial charge in [0.25, 0.3) is 5.91 Å². The molecule has 2 amide bonds. The maximum atomic E-state index is 12.9. The number of anilines is 2. The number of methoxy groups -OCH3 is 1. The van der Waals surface area contributed by atoms with Gasteiger partial charge in [0.15, 0.2) is 11.2 Å². The molecule has 0 saturated carbocycles. The number of nitrogens with zero attached hydrogens (tertiary/aromatic N) is 3. The van der Waals surface area contributed by atoms with E-state index in [1.54, 1.807) is 31.3 Å². The lowest BCUT2D eigenvalue weighted by Gasteiger charge is -2.32. The molecule has 3 heterocycles. The molecule has 1 aliphatic rings. The molecule has 0 radical (unpaired) electrons. The number of esters is 1. The van der Waals surface area contributed by atoms with E-state index in [2.05, 4.69) is 22.2 Å². The molecule has 0 bridgehead atoms. The molecular formula is C23H24N4O5S2. The van der Waals surface area contributed by atoms with Crippen LogP contribution in [0.4, 0.5) is 10.8 Å². The normalized spacial score (nSPS) is 15.0. The van der Waals surface area contributed by atoms with Crippen LogP contribution in [0.5, 0.6) is 5.75 Å². The lowest BCUT2D eigenvalue weighted by molar-refractivity contribution is -0.127. The smallest absolute Gasteiger partial charge is 0.350 e. The first kappa shape index (κ1) is 23.8. The topological polar surface area (TPSA) is 111 Å². The first-order valence-electron chi connectivity index (χ1n) is 10.7. The molecule has 0 saturated heterocycles. The van der Waals surface area contributed by atoms with Crippen LogP contribution in [-0.4, -0.2) is 47.5 Å². The van der Waals surface area contributed by atoms with Crippen molar-refractivity contribution >= 4 is 51.3 Å². The number of hydrogen-bond acceptors (Lipinski definition) is 9. The highest BCUT2D eigenvalue weighted by molar-refractivity contribution is 7.17. The molecule has 1 aliphatic heterocycles. The van der Waals surface area contributed by atoms with Crippen molar-refractivity contribution in [2.24, 2.45) is 0 Å². The molecule has 2 aromatic heterocycles. The standard InChI is InChI=1S/C23H24N4O5S2/c1-5-6-19-25-15(11-33-19)14-7-8-17-16(9-14)27(21(29)13(3)32-17)10-18(28)26-23-24-12(2)20(34-23)22(30)31-4/h7-9,11,13H,5-6,10H2,1-4H3,(H,24,26,28). The molecule has 0 aliphatic carbocycles. The van der Waals surface area contributed by atoms with Crippen molar-refractivity contribution in [2.75, 3.05) is 23.9 Å². The Balaban J connectivity index is 1.57. The first-order valence-corrected chi connectivity index (χ1v) is 12.4. The minimum absolute atomic E-state index is 0.229. The third-order valence-electron chi connectivity index (χ3n) is 5.19. The molecule has 9 nitrogen and oxygen atoms in total. The van der Waals surface area contributed by atoms with Crippen LogP contribution in [0.2, 0.25) is 0 Å². The Bertz CT molecular complexity index is 1250. The van der Waals surface area contributed by atoms with Gasteiger partial charge in [-0.1, -0.05) is 18.3 Å². The highest BCUT2D eigenvalue weighted by Crippen LogP contribution is 2.38. The zero-order valence-corrected chi connectivity index (χ0v) is 20.8. The lowest BCUT2D eigenvalue weighted by Crippen LogP contribution is -2.47. The van der Waals surface area contributed by atoms with Gasteiger partial charge in [-0.3, -0.25) is 14.5 Å². The van der Waals surface area contributed by atoms with Crippen molar-refractivity contribution in [2.45, 2.75) is 39.7 Å². The number of aryl methyl sites for hydroxylation is 2. The minimum atomic E-state index is -0.727. The van der Waals surface area contributed by atoms with Crippen molar-refractivity contribution in [3.05, 3.63) is 39.2 Å². The van der Waals surface area contributed by atoms with E-state index in [1.165, 1.54) is 12.0 Å². The highest BCUT2D eigenvalue weighted by atomic mass is 32.1. The van der Waals surface area contributed by atoms with E-state index >= 15 is 0 Å². The van der Waals surface area contributed by atoms with Gasteiger partial charge in [-0.25, -0.2) is 14.8 Å². The summed E-state index contributed by atoms with van der Waals surface area (Å²) in [5.74, 6) is -0.762. The summed E-state index contributed by atoms with van der Waals surface area (Å²) >= 11 is 2.62. The molecule has 3 aromatic rings. The van der Waals surface area contributed by atoms with Gasteiger partial charge in [-0.15, -0.1) is 11.3 Å². The first-order chi connectivity index (χ1) is 16.3. The molecule has 1 unspecified atom stereocenters. The molecule has 0 fully saturated rings. The van der Waals surface area contributed by atoms with Crippen LogP contribution in [0.3, 0.4) is 0 Å². The molecule has 4 rings (SSSR count). The van der Waals surface area contributed by atoms with Crippen LogP contribution in [0.1, 0.15) is 40.6 Å². The van der Waals surface area contributed by atoms with Crippen LogP contribution < -0.4 is 15.0 Å². The quantitative estimate of drug-likeness (QED) is 0.487. The third-order valence-corrected chi connectivity index (χ3v) is 7.16. The van der Waals surface area contributed by atoms with Crippen molar-refractivity contribution in [3.8, 4) is 17.0 Å². The monoisotopic (exact) mass is 500 g/mol. The Morgan fingerprint density at radius 2 is 2.09 bits per heavy atom.